The molecule has 2 heteroatoms. The summed E-state index contributed by atoms with van der Waals surface area (Å²) in [6, 6.07) is 0. The fourth-order valence-electron chi connectivity index (χ4n) is 7.45. The third-order valence-corrected chi connectivity index (χ3v) is 9.15. The summed E-state index contributed by atoms with van der Waals surface area (Å²) < 4.78 is 0. The number of aliphatic hydroxyl groups excluding tert-OH is 1. The van der Waals surface area contributed by atoms with Gasteiger partial charge in [-0.3, -0.25) is 4.79 Å². The lowest BCUT2D eigenvalue weighted by molar-refractivity contribution is -0.157. The fourth-order valence-corrected chi connectivity index (χ4v) is 7.45. The minimum absolute atomic E-state index is 0.0583. The Hall–Kier alpha value is -1.67. The molecule has 0 amide bonds. The maximum atomic E-state index is 13.4. The molecule has 3 aliphatic rings. The molecule has 176 valence electrons. The molecular formula is C30H44O2. The summed E-state index contributed by atoms with van der Waals surface area (Å²) in [5, 5.41) is 10.7. The molecule has 32 heavy (non-hydrogen) atoms. The van der Waals surface area contributed by atoms with Crippen LogP contribution in [0.2, 0.25) is 0 Å². The van der Waals surface area contributed by atoms with E-state index in [0.29, 0.717) is 24.0 Å². The molecule has 0 aliphatic heterocycles. The molecule has 3 saturated carbocycles. The molecule has 0 aromatic heterocycles. The van der Waals surface area contributed by atoms with E-state index in [1.807, 2.05) is 0 Å². The Morgan fingerprint density at radius 1 is 0.906 bits per heavy atom. The van der Waals surface area contributed by atoms with Crippen molar-refractivity contribution in [3.05, 3.63) is 58.7 Å². The highest BCUT2D eigenvalue weighted by Crippen LogP contribution is 2.69. The highest BCUT2D eigenvalue weighted by atomic mass is 16.3. The van der Waals surface area contributed by atoms with Gasteiger partial charge in [0, 0.05) is 17.4 Å². The lowest BCUT2D eigenvalue weighted by Crippen LogP contribution is -2.57. The first-order valence-electron chi connectivity index (χ1n) is 12.4. The number of carbonyl (C=O) groups is 1. The lowest BCUT2D eigenvalue weighted by Gasteiger charge is -2.62. The van der Waals surface area contributed by atoms with Gasteiger partial charge in [0.1, 0.15) is 0 Å². The van der Waals surface area contributed by atoms with E-state index in [1.165, 1.54) is 11.1 Å². The molecule has 1 unspecified atom stereocenters. The zero-order valence-corrected chi connectivity index (χ0v) is 21.6. The summed E-state index contributed by atoms with van der Waals surface area (Å²) in [7, 11) is 0. The number of ketones is 1. The van der Waals surface area contributed by atoms with Crippen molar-refractivity contribution in [3.63, 3.8) is 0 Å². The van der Waals surface area contributed by atoms with Crippen molar-refractivity contribution >= 4 is 5.78 Å². The molecule has 0 bridgehead atoms. The van der Waals surface area contributed by atoms with E-state index in [9.17, 15) is 9.90 Å². The van der Waals surface area contributed by atoms with Gasteiger partial charge >= 0.3 is 0 Å². The summed E-state index contributed by atoms with van der Waals surface area (Å²) in [4.78, 5) is 13.4. The van der Waals surface area contributed by atoms with Gasteiger partial charge in [0.15, 0.2) is 5.78 Å². The quantitative estimate of drug-likeness (QED) is 0.365. The lowest BCUT2D eigenvalue weighted by atomic mass is 9.43. The van der Waals surface area contributed by atoms with Crippen LogP contribution in [0.3, 0.4) is 0 Å². The molecule has 0 heterocycles. The number of Topliss-reactive ketones (excluding diaryl/α,β-unsaturated/α-hetero) is 1. The van der Waals surface area contributed by atoms with Crippen molar-refractivity contribution in [1.29, 1.82) is 0 Å². The highest BCUT2D eigenvalue weighted by molar-refractivity contribution is 6.00. The minimum Gasteiger partial charge on any atom is -0.393 e. The van der Waals surface area contributed by atoms with Crippen LogP contribution in [0.5, 0.6) is 0 Å². The number of hydrogen-bond donors (Lipinski definition) is 1. The van der Waals surface area contributed by atoms with E-state index in [1.54, 1.807) is 0 Å². The van der Waals surface area contributed by atoms with Gasteiger partial charge in [-0.2, -0.15) is 0 Å². The number of fused-ring (bicyclic) bond motifs is 3. The maximum Gasteiger partial charge on any atom is 0.160 e. The molecule has 0 aromatic rings. The van der Waals surface area contributed by atoms with E-state index in [2.05, 4.69) is 91.8 Å². The standard InChI is InChI=1S/C30H44O2/c1-20(2)11-9-12-21(3)13-10-14-22(4)27-23(31)19-25-29(7)18-16-26(32)28(5,6)24(29)15-17-30(25,27)8/h9-14,24-26,32H,15-19H2,1-8H3/b12-9+,14-10+,21-13+,27-22+/t24-,25?,26-,29-,30+/m0/s1. The second kappa shape index (κ2) is 8.93. The van der Waals surface area contributed by atoms with Gasteiger partial charge in [0.05, 0.1) is 6.10 Å². The maximum absolute atomic E-state index is 13.4. The van der Waals surface area contributed by atoms with E-state index in [4.69, 9.17) is 0 Å². The van der Waals surface area contributed by atoms with E-state index < -0.39 is 0 Å². The Bertz CT molecular complexity index is 905. The van der Waals surface area contributed by atoms with Crippen molar-refractivity contribution in [2.45, 2.75) is 93.6 Å². The summed E-state index contributed by atoms with van der Waals surface area (Å²) >= 11 is 0. The molecule has 2 nitrogen and oxygen atoms in total. The topological polar surface area (TPSA) is 37.3 Å². The first kappa shape index (κ1) is 25.0. The van der Waals surface area contributed by atoms with E-state index in [-0.39, 0.29) is 22.3 Å². The smallest absolute Gasteiger partial charge is 0.160 e. The van der Waals surface area contributed by atoms with E-state index in [0.717, 1.165) is 36.8 Å². The van der Waals surface area contributed by atoms with Crippen molar-refractivity contribution in [2.75, 3.05) is 0 Å². The molecule has 5 atom stereocenters. The van der Waals surface area contributed by atoms with Crippen molar-refractivity contribution in [2.24, 2.45) is 28.1 Å². The third-order valence-electron chi connectivity index (χ3n) is 9.15. The van der Waals surface area contributed by atoms with Gasteiger partial charge in [-0.1, -0.05) is 75.3 Å². The van der Waals surface area contributed by atoms with Crippen LogP contribution in [0.25, 0.3) is 0 Å². The molecule has 0 radical (unpaired) electrons. The number of carbonyl (C=O) groups excluding carboxylic acids is 1. The second-order valence-electron chi connectivity index (χ2n) is 12.0. The summed E-state index contributed by atoms with van der Waals surface area (Å²) in [6.07, 6.45) is 17.1. The van der Waals surface area contributed by atoms with Gasteiger partial charge < -0.3 is 5.11 Å². The molecule has 0 spiro atoms. The summed E-state index contributed by atoms with van der Waals surface area (Å²) in [6.45, 7) is 17.6. The van der Waals surface area contributed by atoms with Crippen LogP contribution >= 0.6 is 0 Å². The normalized spacial score (nSPS) is 38.7. The van der Waals surface area contributed by atoms with Crippen molar-refractivity contribution in [1.82, 2.24) is 0 Å². The summed E-state index contributed by atoms with van der Waals surface area (Å²) in [5.74, 6) is 1.18. The number of allylic oxidation sites excluding steroid dienone is 10. The highest BCUT2D eigenvalue weighted by Gasteiger charge is 2.64. The Labute approximate surface area is 196 Å². The Morgan fingerprint density at radius 3 is 2.22 bits per heavy atom. The number of aliphatic hydroxyl groups is 1. The molecule has 0 saturated heterocycles. The van der Waals surface area contributed by atoms with E-state index >= 15 is 0 Å². The van der Waals surface area contributed by atoms with Gasteiger partial charge in [0.2, 0.25) is 0 Å². The zero-order chi connectivity index (χ0) is 23.9. The largest absolute Gasteiger partial charge is 0.393 e. The number of hydrogen-bond acceptors (Lipinski definition) is 2. The van der Waals surface area contributed by atoms with Gasteiger partial charge in [0.25, 0.3) is 0 Å². The molecule has 3 fully saturated rings. The van der Waals surface area contributed by atoms with Crippen LogP contribution in [-0.4, -0.2) is 17.0 Å². The predicted octanol–water partition coefficient (Wildman–Crippen LogP) is 7.52. The Balaban J connectivity index is 1.89. The van der Waals surface area contributed by atoms with Crippen LogP contribution in [0.15, 0.2) is 58.7 Å². The average molecular weight is 437 g/mol. The van der Waals surface area contributed by atoms with Gasteiger partial charge in [-0.15, -0.1) is 0 Å². The van der Waals surface area contributed by atoms with Crippen molar-refractivity contribution in [3.8, 4) is 0 Å². The van der Waals surface area contributed by atoms with Crippen LogP contribution in [-0.2, 0) is 4.79 Å². The Morgan fingerprint density at radius 2 is 1.56 bits per heavy atom. The fraction of sp³-hybridized carbons (Fsp3) is 0.633. The number of rotatable bonds is 4. The summed E-state index contributed by atoms with van der Waals surface area (Å²) in [5.41, 5.74) is 4.63. The molecule has 0 aromatic carbocycles. The van der Waals surface area contributed by atoms with Gasteiger partial charge in [-0.05, 0) is 81.6 Å². The molecule has 3 rings (SSSR count). The van der Waals surface area contributed by atoms with Crippen LogP contribution in [0, 0.1) is 28.1 Å². The molecular weight excluding hydrogens is 392 g/mol. The Kier molecular flexibility index (Phi) is 6.97. The first-order chi connectivity index (χ1) is 14.8. The molecule has 3 aliphatic carbocycles. The average Bonchev–Trinajstić information content (AvgIpc) is 2.96. The second-order valence-corrected chi connectivity index (χ2v) is 12.0. The predicted molar refractivity (Wildman–Crippen MR) is 135 cm³/mol. The van der Waals surface area contributed by atoms with Gasteiger partial charge in [-0.25, -0.2) is 0 Å². The minimum atomic E-state index is -0.234. The first-order valence-corrected chi connectivity index (χ1v) is 12.4. The van der Waals surface area contributed by atoms with Crippen molar-refractivity contribution < 1.29 is 9.90 Å². The third kappa shape index (κ3) is 4.28. The zero-order valence-electron chi connectivity index (χ0n) is 21.6. The van der Waals surface area contributed by atoms with Crippen LogP contribution < -0.4 is 0 Å². The monoisotopic (exact) mass is 436 g/mol. The van der Waals surface area contributed by atoms with Crippen LogP contribution in [0.1, 0.15) is 87.5 Å². The SMILES string of the molecule is CC(C)=C/C=C/C(C)=C/C=C/C(C)=C1\C(=O)CC2[C@@]1(C)CC[C@H]1C(C)(C)[C@@H](O)CC[C@]21C. The molecule has 1 N–H and O–H groups in total. The van der Waals surface area contributed by atoms with Crippen LogP contribution in [0.4, 0.5) is 0 Å².